The lowest BCUT2D eigenvalue weighted by Gasteiger charge is -2.39. The van der Waals surface area contributed by atoms with Gasteiger partial charge in [0, 0.05) is 20.6 Å². The van der Waals surface area contributed by atoms with E-state index in [1.54, 1.807) is 0 Å². The number of halogens is 13. The Labute approximate surface area is 151 Å². The molecule has 0 amide bonds. The second-order valence-electron chi connectivity index (χ2n) is 5.90. The van der Waals surface area contributed by atoms with Gasteiger partial charge in [-0.2, -0.15) is 57.1 Å². The molecule has 0 atom stereocenters. The van der Waals surface area contributed by atoms with Crippen LogP contribution in [0.5, 0.6) is 0 Å². The summed E-state index contributed by atoms with van der Waals surface area (Å²) in [5.74, 6) is -36.6. The Bertz CT molecular complexity index is 528. The first kappa shape index (κ1) is 27.2. The molecule has 0 aromatic carbocycles. The Morgan fingerprint density at radius 1 is 0.607 bits per heavy atom. The highest BCUT2D eigenvalue weighted by Gasteiger charge is 2.90. The summed E-state index contributed by atoms with van der Waals surface area (Å²) in [4.78, 5) is 0. The van der Waals surface area contributed by atoms with Gasteiger partial charge in [-0.1, -0.05) is 0 Å². The third-order valence-electron chi connectivity index (χ3n) is 3.98. The summed E-state index contributed by atoms with van der Waals surface area (Å²) in [6, 6.07) is -0.521. The van der Waals surface area contributed by atoms with Crippen LogP contribution in [0.2, 0.25) is 12.6 Å². The quantitative estimate of drug-likeness (QED) is 0.296. The third kappa shape index (κ3) is 4.37. The summed E-state index contributed by atoms with van der Waals surface area (Å²) < 4.78 is 177. The Morgan fingerprint density at radius 3 is 1.29 bits per heavy atom. The van der Waals surface area contributed by atoms with Crippen molar-refractivity contribution in [2.45, 2.75) is 61.2 Å². The molecular weight excluding hydrogens is 451 g/mol. The lowest BCUT2D eigenvalue weighted by Crippen LogP contribution is -2.70. The fourth-order valence-electron chi connectivity index (χ4n) is 1.88. The molecule has 2 nitrogen and oxygen atoms in total. The first-order valence-corrected chi connectivity index (χ1v) is 9.66. The summed E-state index contributed by atoms with van der Waals surface area (Å²) in [6.45, 7) is 1.25. The van der Waals surface area contributed by atoms with Gasteiger partial charge >= 0.3 is 44.3 Å². The highest BCUT2D eigenvalue weighted by atomic mass is 28.4. The van der Waals surface area contributed by atoms with E-state index in [4.69, 9.17) is 8.85 Å². The van der Waals surface area contributed by atoms with Crippen molar-refractivity contribution in [2.24, 2.45) is 0 Å². The van der Waals surface area contributed by atoms with Crippen LogP contribution in [0.25, 0.3) is 0 Å². The molecule has 0 unspecified atom stereocenters. The number of hydrogen-bond donors (Lipinski definition) is 0. The van der Waals surface area contributed by atoms with Crippen LogP contribution in [0.15, 0.2) is 0 Å². The van der Waals surface area contributed by atoms with Crippen LogP contribution in [0.3, 0.4) is 0 Å². The van der Waals surface area contributed by atoms with E-state index < -0.39 is 63.2 Å². The number of alkyl halides is 13. The van der Waals surface area contributed by atoms with E-state index in [1.807, 2.05) is 0 Å². The van der Waals surface area contributed by atoms with Gasteiger partial charge in [-0.25, -0.2) is 0 Å². The van der Waals surface area contributed by atoms with E-state index in [2.05, 4.69) is 0 Å². The highest BCUT2D eigenvalue weighted by Crippen LogP contribution is 2.60. The fraction of sp³-hybridized carbons (Fsp3) is 1.00. The van der Waals surface area contributed by atoms with Crippen LogP contribution in [0.4, 0.5) is 57.1 Å². The minimum atomic E-state index is -7.87. The molecule has 170 valence electrons. The van der Waals surface area contributed by atoms with Crippen molar-refractivity contribution in [3.8, 4) is 0 Å². The second-order valence-corrected chi connectivity index (χ2v) is 9.48. The summed E-state index contributed by atoms with van der Waals surface area (Å²) in [5.41, 5.74) is 0. The van der Waals surface area contributed by atoms with E-state index in [1.165, 1.54) is 6.55 Å². The third-order valence-corrected chi connectivity index (χ3v) is 6.97. The summed E-state index contributed by atoms with van der Waals surface area (Å²) in [7, 11) is -1.07. The second kappa shape index (κ2) is 7.81. The van der Waals surface area contributed by atoms with Crippen LogP contribution >= 0.6 is 0 Å². The Hall–Kier alpha value is -0.773. The summed E-state index contributed by atoms with van der Waals surface area (Å²) >= 11 is 0. The average Bonchev–Trinajstić information content (AvgIpc) is 2.52. The SMILES string of the molecule is CO[Si](C)(CCCC(F)(F)C(F)(F)C(F)(F)C(F)(F)C(F)(F)C(F)(F)F)OC. The summed E-state index contributed by atoms with van der Waals surface area (Å²) in [5, 5.41) is 0. The van der Waals surface area contributed by atoms with E-state index in [0.29, 0.717) is 0 Å². The Morgan fingerprint density at radius 2 is 0.964 bits per heavy atom. The molecule has 0 N–H and O–H groups in total. The zero-order valence-electron chi connectivity index (χ0n) is 14.4. The molecule has 0 heterocycles. The molecule has 0 aliphatic carbocycles. The van der Waals surface area contributed by atoms with Gasteiger partial charge < -0.3 is 8.85 Å². The van der Waals surface area contributed by atoms with Crippen molar-refractivity contribution in [3.05, 3.63) is 0 Å². The molecule has 0 saturated carbocycles. The van der Waals surface area contributed by atoms with Crippen LogP contribution in [-0.4, -0.2) is 58.6 Å². The lowest BCUT2D eigenvalue weighted by atomic mass is 9.92. The Balaban J connectivity index is 5.80. The maximum absolute atomic E-state index is 13.5. The molecular formula is C12H15F13O2Si. The normalized spacial score (nSPS) is 15.9. The predicted molar refractivity (Wildman–Crippen MR) is 70.5 cm³/mol. The fourth-order valence-corrected chi connectivity index (χ4v) is 3.27. The molecule has 16 heteroatoms. The van der Waals surface area contributed by atoms with E-state index in [-0.39, 0.29) is 0 Å². The van der Waals surface area contributed by atoms with Crippen molar-refractivity contribution in [3.63, 3.8) is 0 Å². The van der Waals surface area contributed by atoms with Crippen molar-refractivity contribution >= 4 is 8.56 Å². The molecule has 0 aliphatic heterocycles. The van der Waals surface area contributed by atoms with Gasteiger partial charge in [0.1, 0.15) is 0 Å². The first-order valence-electron chi connectivity index (χ1n) is 7.14. The van der Waals surface area contributed by atoms with Gasteiger partial charge in [0.15, 0.2) is 0 Å². The molecule has 0 saturated heterocycles. The van der Waals surface area contributed by atoms with Gasteiger partial charge in [-0.05, 0) is 19.0 Å². The van der Waals surface area contributed by atoms with Gasteiger partial charge in [-0.15, -0.1) is 0 Å². The van der Waals surface area contributed by atoms with Crippen molar-refractivity contribution in [1.29, 1.82) is 0 Å². The molecule has 0 aliphatic rings. The van der Waals surface area contributed by atoms with Crippen LogP contribution in [0.1, 0.15) is 12.8 Å². The van der Waals surface area contributed by atoms with Gasteiger partial charge in [-0.3, -0.25) is 0 Å². The van der Waals surface area contributed by atoms with Crippen molar-refractivity contribution in [1.82, 2.24) is 0 Å². The smallest absolute Gasteiger partial charge is 0.398 e. The molecule has 0 aromatic rings. The zero-order chi connectivity index (χ0) is 23.0. The minimum absolute atomic E-state index is 0.521. The van der Waals surface area contributed by atoms with E-state index >= 15 is 0 Å². The number of hydrogen-bond acceptors (Lipinski definition) is 2. The molecule has 0 rings (SSSR count). The van der Waals surface area contributed by atoms with Gasteiger partial charge in [0.2, 0.25) is 0 Å². The molecule has 0 fully saturated rings. The average molecular weight is 466 g/mol. The van der Waals surface area contributed by atoms with E-state index in [0.717, 1.165) is 14.2 Å². The molecule has 0 spiro atoms. The van der Waals surface area contributed by atoms with Gasteiger partial charge in [0.25, 0.3) is 0 Å². The molecule has 0 aromatic heterocycles. The van der Waals surface area contributed by atoms with Crippen LogP contribution in [0, 0.1) is 0 Å². The van der Waals surface area contributed by atoms with Crippen LogP contribution < -0.4 is 0 Å². The van der Waals surface area contributed by atoms with Crippen molar-refractivity contribution < 1.29 is 65.9 Å². The van der Waals surface area contributed by atoms with Crippen LogP contribution in [-0.2, 0) is 8.85 Å². The monoisotopic (exact) mass is 466 g/mol. The lowest BCUT2D eigenvalue weighted by molar-refractivity contribution is -0.440. The Kier molecular flexibility index (Phi) is 7.59. The minimum Gasteiger partial charge on any atom is -0.398 e. The van der Waals surface area contributed by atoms with E-state index in [9.17, 15) is 57.1 Å². The largest absolute Gasteiger partial charge is 0.460 e. The highest BCUT2D eigenvalue weighted by molar-refractivity contribution is 6.65. The molecule has 0 bridgehead atoms. The predicted octanol–water partition coefficient (Wildman–Crippen LogP) is 5.87. The topological polar surface area (TPSA) is 18.5 Å². The molecule has 28 heavy (non-hydrogen) atoms. The standard InChI is InChI=1S/C12H15F13O2Si/c1-26-28(3,27-2)6-4-5-7(13,14)8(15,16)9(17,18)10(19,20)11(21,22)12(23,24)25/h4-6H2,1-3H3. The maximum Gasteiger partial charge on any atom is 0.460 e. The summed E-state index contributed by atoms with van der Waals surface area (Å²) in [6.07, 6.45) is -10.7. The van der Waals surface area contributed by atoms with Gasteiger partial charge in [0.05, 0.1) is 0 Å². The maximum atomic E-state index is 13.5. The molecule has 0 radical (unpaired) electrons. The van der Waals surface area contributed by atoms with Crippen molar-refractivity contribution in [2.75, 3.05) is 14.2 Å². The first-order chi connectivity index (χ1) is 12.1. The number of rotatable bonds is 10. The zero-order valence-corrected chi connectivity index (χ0v) is 15.4.